The van der Waals surface area contributed by atoms with Crippen molar-refractivity contribution in [3.8, 4) is 0 Å². The molecule has 0 saturated carbocycles. The molecule has 0 radical (unpaired) electrons. The maximum absolute atomic E-state index is 13.5. The number of pyridine rings is 2. The predicted molar refractivity (Wildman–Crippen MR) is 69.9 cm³/mol. The lowest BCUT2D eigenvalue weighted by molar-refractivity contribution is 0.558. The van der Waals surface area contributed by atoms with Gasteiger partial charge in [0.05, 0.1) is 11.7 Å². The molecule has 2 rings (SSSR count). The van der Waals surface area contributed by atoms with Crippen molar-refractivity contribution in [3.63, 3.8) is 0 Å². The zero-order valence-corrected chi connectivity index (χ0v) is 10.4. The highest BCUT2D eigenvalue weighted by molar-refractivity contribution is 6.29. The topological polar surface area (TPSA) is 63.8 Å². The second kappa shape index (κ2) is 5.18. The fraction of sp³-hybridized carbons (Fsp3) is 0.167. The molecule has 0 aliphatic rings. The molecule has 0 bridgehead atoms. The van der Waals surface area contributed by atoms with Crippen LogP contribution in [0.2, 0.25) is 5.15 Å². The largest absolute Gasteiger partial charge is 0.396 e. The second-order valence-electron chi connectivity index (χ2n) is 3.82. The van der Waals surface area contributed by atoms with Crippen LogP contribution in [0.3, 0.4) is 0 Å². The number of nitrogens with one attached hydrogen (secondary N) is 1. The van der Waals surface area contributed by atoms with Gasteiger partial charge in [-0.1, -0.05) is 17.7 Å². The van der Waals surface area contributed by atoms with Crippen molar-refractivity contribution in [2.75, 3.05) is 11.1 Å². The van der Waals surface area contributed by atoms with E-state index in [9.17, 15) is 4.39 Å². The van der Waals surface area contributed by atoms with Crippen molar-refractivity contribution in [1.29, 1.82) is 0 Å². The number of nitrogen functional groups attached to an aromatic ring is 1. The summed E-state index contributed by atoms with van der Waals surface area (Å²) in [4.78, 5) is 7.65. The standard InChI is InChI=1S/C12H12ClFN4/c1-7(8-3-2-6-16-11(8)14)17-12-9(15)4-5-10(13)18-12/h2-7H,15H2,1H3,(H,17,18)/t7-/m0/s1. The van der Waals surface area contributed by atoms with Gasteiger partial charge in [0.25, 0.3) is 0 Å². The van der Waals surface area contributed by atoms with Crippen LogP contribution in [0.4, 0.5) is 15.9 Å². The average molecular weight is 267 g/mol. The second-order valence-corrected chi connectivity index (χ2v) is 4.21. The van der Waals surface area contributed by atoms with Gasteiger partial charge in [-0.25, -0.2) is 9.97 Å². The maximum Gasteiger partial charge on any atom is 0.218 e. The van der Waals surface area contributed by atoms with Crippen LogP contribution >= 0.6 is 11.6 Å². The molecule has 1 atom stereocenters. The Labute approximate surface area is 109 Å². The number of halogens is 2. The summed E-state index contributed by atoms with van der Waals surface area (Å²) in [5.74, 6) is -0.0867. The quantitative estimate of drug-likeness (QED) is 0.838. The molecule has 94 valence electrons. The first kappa shape index (κ1) is 12.6. The van der Waals surface area contributed by atoms with E-state index in [4.69, 9.17) is 17.3 Å². The Hall–Kier alpha value is -1.88. The minimum Gasteiger partial charge on any atom is -0.396 e. The molecule has 0 unspecified atom stereocenters. The van der Waals surface area contributed by atoms with Gasteiger partial charge in [0.15, 0.2) is 5.82 Å². The van der Waals surface area contributed by atoms with E-state index in [0.717, 1.165) is 0 Å². The van der Waals surface area contributed by atoms with Crippen molar-refractivity contribution in [1.82, 2.24) is 9.97 Å². The summed E-state index contributed by atoms with van der Waals surface area (Å²) >= 11 is 5.78. The predicted octanol–water partition coefficient (Wildman–Crippen LogP) is 3.02. The summed E-state index contributed by atoms with van der Waals surface area (Å²) in [6.45, 7) is 1.79. The van der Waals surface area contributed by atoms with E-state index in [-0.39, 0.29) is 6.04 Å². The third-order valence-corrected chi connectivity index (χ3v) is 2.71. The Bertz CT molecular complexity index is 562. The van der Waals surface area contributed by atoms with Crippen LogP contribution in [0.15, 0.2) is 30.5 Å². The highest BCUT2D eigenvalue weighted by Gasteiger charge is 2.13. The van der Waals surface area contributed by atoms with Crippen molar-refractivity contribution >= 4 is 23.1 Å². The third-order valence-electron chi connectivity index (χ3n) is 2.50. The summed E-state index contributed by atoms with van der Waals surface area (Å²) in [6, 6.07) is 6.25. The molecular formula is C12H12ClFN4. The average Bonchev–Trinajstić information content (AvgIpc) is 2.34. The Morgan fingerprint density at radius 3 is 2.89 bits per heavy atom. The summed E-state index contributed by atoms with van der Waals surface area (Å²) in [6.07, 6.45) is 1.40. The number of anilines is 2. The zero-order chi connectivity index (χ0) is 13.1. The van der Waals surface area contributed by atoms with E-state index >= 15 is 0 Å². The Morgan fingerprint density at radius 2 is 2.17 bits per heavy atom. The summed E-state index contributed by atoms with van der Waals surface area (Å²) < 4.78 is 13.5. The first-order valence-electron chi connectivity index (χ1n) is 5.37. The van der Waals surface area contributed by atoms with Gasteiger partial charge in [0.1, 0.15) is 5.15 Å². The third kappa shape index (κ3) is 2.68. The number of nitrogens with two attached hydrogens (primary N) is 1. The molecule has 6 heteroatoms. The lowest BCUT2D eigenvalue weighted by Crippen LogP contribution is -2.12. The molecule has 2 aromatic heterocycles. The van der Waals surface area contributed by atoms with Crippen molar-refractivity contribution in [2.24, 2.45) is 0 Å². The van der Waals surface area contributed by atoms with Crippen LogP contribution < -0.4 is 11.1 Å². The highest BCUT2D eigenvalue weighted by Crippen LogP contribution is 2.24. The van der Waals surface area contributed by atoms with Gasteiger partial charge in [-0.3, -0.25) is 0 Å². The van der Waals surface area contributed by atoms with E-state index in [1.807, 2.05) is 0 Å². The molecule has 0 amide bonds. The zero-order valence-electron chi connectivity index (χ0n) is 9.69. The van der Waals surface area contributed by atoms with Gasteiger partial charge in [-0.05, 0) is 25.1 Å². The SMILES string of the molecule is C[C@H](Nc1nc(Cl)ccc1N)c1cccnc1F. The van der Waals surface area contributed by atoms with Crippen LogP contribution in [0.1, 0.15) is 18.5 Å². The van der Waals surface area contributed by atoms with Gasteiger partial charge in [-0.2, -0.15) is 4.39 Å². The van der Waals surface area contributed by atoms with Gasteiger partial charge >= 0.3 is 0 Å². The number of nitrogens with zero attached hydrogens (tertiary/aromatic N) is 2. The van der Waals surface area contributed by atoms with Gasteiger partial charge in [-0.15, -0.1) is 0 Å². The van der Waals surface area contributed by atoms with Crippen LogP contribution in [0.25, 0.3) is 0 Å². The minimum atomic E-state index is -0.516. The smallest absolute Gasteiger partial charge is 0.218 e. The Kier molecular flexibility index (Phi) is 3.62. The van der Waals surface area contributed by atoms with Crippen LogP contribution in [-0.2, 0) is 0 Å². The molecule has 0 aliphatic carbocycles. The molecule has 18 heavy (non-hydrogen) atoms. The van der Waals surface area contributed by atoms with Crippen molar-refractivity contribution in [2.45, 2.75) is 13.0 Å². The molecule has 2 heterocycles. The maximum atomic E-state index is 13.5. The van der Waals surface area contributed by atoms with Crippen LogP contribution in [0, 0.1) is 5.95 Å². The molecule has 0 spiro atoms. The van der Waals surface area contributed by atoms with Crippen LogP contribution in [0.5, 0.6) is 0 Å². The van der Waals surface area contributed by atoms with E-state index in [0.29, 0.717) is 22.2 Å². The summed E-state index contributed by atoms with van der Waals surface area (Å²) in [5.41, 5.74) is 6.66. The summed E-state index contributed by atoms with van der Waals surface area (Å²) in [5, 5.41) is 3.33. The Balaban J connectivity index is 2.24. The molecule has 0 saturated heterocycles. The van der Waals surface area contributed by atoms with E-state index in [1.165, 1.54) is 6.20 Å². The number of hydrogen-bond acceptors (Lipinski definition) is 4. The molecule has 0 fully saturated rings. The number of aromatic nitrogens is 2. The summed E-state index contributed by atoms with van der Waals surface area (Å²) in [7, 11) is 0. The fourth-order valence-corrected chi connectivity index (χ4v) is 1.71. The van der Waals surface area contributed by atoms with Crippen molar-refractivity contribution < 1.29 is 4.39 Å². The normalized spacial score (nSPS) is 12.2. The van der Waals surface area contributed by atoms with Gasteiger partial charge < -0.3 is 11.1 Å². The van der Waals surface area contributed by atoms with Gasteiger partial charge in [0.2, 0.25) is 5.95 Å². The number of hydrogen-bond donors (Lipinski definition) is 2. The lowest BCUT2D eigenvalue weighted by Gasteiger charge is -2.16. The number of rotatable bonds is 3. The molecule has 0 aromatic carbocycles. The fourth-order valence-electron chi connectivity index (χ4n) is 1.57. The lowest BCUT2D eigenvalue weighted by atomic mass is 10.1. The molecule has 3 N–H and O–H groups in total. The highest BCUT2D eigenvalue weighted by atomic mass is 35.5. The van der Waals surface area contributed by atoms with E-state index in [2.05, 4.69) is 15.3 Å². The molecular weight excluding hydrogens is 255 g/mol. The molecule has 0 aliphatic heterocycles. The molecule has 2 aromatic rings. The van der Waals surface area contributed by atoms with E-state index in [1.54, 1.807) is 31.2 Å². The van der Waals surface area contributed by atoms with Crippen LogP contribution in [-0.4, -0.2) is 9.97 Å². The molecule has 4 nitrogen and oxygen atoms in total. The van der Waals surface area contributed by atoms with Crippen molar-refractivity contribution in [3.05, 3.63) is 47.1 Å². The Morgan fingerprint density at radius 1 is 1.39 bits per heavy atom. The first-order valence-corrected chi connectivity index (χ1v) is 5.74. The van der Waals surface area contributed by atoms with Gasteiger partial charge in [0, 0.05) is 11.8 Å². The van der Waals surface area contributed by atoms with E-state index < -0.39 is 5.95 Å². The minimum absolute atomic E-state index is 0.313. The monoisotopic (exact) mass is 266 g/mol. The first-order chi connectivity index (χ1) is 8.58.